The van der Waals surface area contributed by atoms with Crippen LogP contribution < -0.4 is 5.32 Å². The van der Waals surface area contributed by atoms with Gasteiger partial charge in [0.2, 0.25) is 0 Å². The van der Waals surface area contributed by atoms with Crippen molar-refractivity contribution in [3.8, 4) is 0 Å². The summed E-state index contributed by atoms with van der Waals surface area (Å²) in [7, 11) is 0. The van der Waals surface area contributed by atoms with Gasteiger partial charge in [-0.2, -0.15) is 0 Å². The van der Waals surface area contributed by atoms with Crippen LogP contribution >= 0.6 is 0 Å². The molecule has 0 radical (unpaired) electrons. The number of rotatable bonds is 2. The minimum absolute atomic E-state index is 0.107. The quantitative estimate of drug-likeness (QED) is 0.890. The third-order valence-corrected chi connectivity index (χ3v) is 3.87. The first kappa shape index (κ1) is 13.4. The molecule has 3 nitrogen and oxygen atoms in total. The first-order chi connectivity index (χ1) is 9.66. The van der Waals surface area contributed by atoms with E-state index >= 15 is 0 Å². The van der Waals surface area contributed by atoms with Crippen LogP contribution in [0.3, 0.4) is 0 Å². The van der Waals surface area contributed by atoms with Crippen molar-refractivity contribution in [2.75, 3.05) is 26.2 Å². The lowest BCUT2D eigenvalue weighted by molar-refractivity contribution is 0.0613. The third kappa shape index (κ3) is 2.79. The first-order valence-corrected chi connectivity index (χ1v) is 7.38. The predicted molar refractivity (Wildman–Crippen MR) is 83.6 cm³/mol. The second-order valence-electron chi connectivity index (χ2n) is 6.08. The molecule has 2 heterocycles. The van der Waals surface area contributed by atoms with Gasteiger partial charge in [-0.3, -0.25) is 5.01 Å². The van der Waals surface area contributed by atoms with E-state index in [1.54, 1.807) is 0 Å². The molecule has 1 N–H and O–H groups in total. The Hall–Kier alpha value is -1.58. The van der Waals surface area contributed by atoms with Gasteiger partial charge in [0.15, 0.2) is 0 Å². The van der Waals surface area contributed by atoms with Gasteiger partial charge in [-0.1, -0.05) is 50.3 Å². The van der Waals surface area contributed by atoms with E-state index in [1.807, 2.05) is 0 Å². The van der Waals surface area contributed by atoms with Crippen molar-refractivity contribution in [3.05, 3.63) is 54.2 Å². The summed E-state index contributed by atoms with van der Waals surface area (Å²) in [6, 6.07) is 10.7. The van der Waals surface area contributed by atoms with Gasteiger partial charge in [-0.15, -0.1) is 0 Å². The number of piperazine rings is 1. The van der Waals surface area contributed by atoms with Crippen LogP contribution in [0.15, 0.2) is 48.7 Å². The molecular formula is C17H23N3. The molecule has 1 saturated heterocycles. The fraction of sp³-hybridized carbons (Fsp3) is 0.412. The molecule has 2 aliphatic heterocycles. The van der Waals surface area contributed by atoms with Crippen LogP contribution in [0.4, 0.5) is 0 Å². The highest BCUT2D eigenvalue weighted by atomic mass is 15.6. The lowest BCUT2D eigenvalue weighted by Crippen LogP contribution is -2.50. The molecule has 1 aromatic carbocycles. The van der Waals surface area contributed by atoms with Crippen LogP contribution in [0, 0.1) is 5.41 Å². The number of allylic oxidation sites excluding steroid dienone is 2. The fourth-order valence-electron chi connectivity index (χ4n) is 2.75. The Morgan fingerprint density at radius 1 is 1.05 bits per heavy atom. The first-order valence-electron chi connectivity index (χ1n) is 7.38. The van der Waals surface area contributed by atoms with Crippen molar-refractivity contribution in [1.29, 1.82) is 0 Å². The van der Waals surface area contributed by atoms with E-state index in [4.69, 9.17) is 0 Å². The molecule has 0 atom stereocenters. The van der Waals surface area contributed by atoms with Crippen molar-refractivity contribution in [2.24, 2.45) is 5.41 Å². The van der Waals surface area contributed by atoms with Gasteiger partial charge >= 0.3 is 0 Å². The van der Waals surface area contributed by atoms with Crippen LogP contribution in [0.5, 0.6) is 0 Å². The van der Waals surface area contributed by atoms with Gasteiger partial charge in [-0.25, -0.2) is 5.01 Å². The van der Waals surface area contributed by atoms with Crippen molar-refractivity contribution in [3.63, 3.8) is 0 Å². The van der Waals surface area contributed by atoms with Gasteiger partial charge in [0, 0.05) is 37.8 Å². The summed E-state index contributed by atoms with van der Waals surface area (Å²) < 4.78 is 0. The van der Waals surface area contributed by atoms with Crippen molar-refractivity contribution in [2.45, 2.75) is 13.8 Å². The minimum Gasteiger partial charge on any atom is -0.314 e. The van der Waals surface area contributed by atoms with E-state index < -0.39 is 0 Å². The molecule has 3 rings (SSSR count). The molecule has 20 heavy (non-hydrogen) atoms. The molecule has 0 spiro atoms. The molecule has 0 saturated carbocycles. The molecule has 0 aromatic heterocycles. The van der Waals surface area contributed by atoms with E-state index in [0.717, 1.165) is 26.2 Å². The standard InChI is InChI=1S/C17H23N3/c1-17(2)8-11-20(19-12-9-18-10-13-19)16(14-17)15-6-4-3-5-7-15/h3-8,11,14,18H,9-10,12-13H2,1-2H3. The second kappa shape index (κ2) is 5.43. The van der Waals surface area contributed by atoms with E-state index in [9.17, 15) is 0 Å². The molecule has 1 aromatic rings. The zero-order valence-electron chi connectivity index (χ0n) is 12.3. The van der Waals surface area contributed by atoms with Crippen LogP contribution in [0.1, 0.15) is 19.4 Å². The monoisotopic (exact) mass is 269 g/mol. The van der Waals surface area contributed by atoms with Gasteiger partial charge in [0.1, 0.15) is 0 Å². The largest absolute Gasteiger partial charge is 0.314 e. The Balaban J connectivity index is 1.94. The van der Waals surface area contributed by atoms with Crippen LogP contribution in [0.2, 0.25) is 0 Å². The Morgan fingerprint density at radius 2 is 1.75 bits per heavy atom. The highest BCUT2D eigenvalue weighted by Crippen LogP contribution is 2.33. The highest BCUT2D eigenvalue weighted by molar-refractivity contribution is 5.66. The zero-order chi connectivity index (χ0) is 14.0. The average Bonchev–Trinajstić information content (AvgIpc) is 2.48. The average molecular weight is 269 g/mol. The molecule has 0 amide bonds. The van der Waals surface area contributed by atoms with E-state index in [1.165, 1.54) is 11.3 Å². The van der Waals surface area contributed by atoms with E-state index in [-0.39, 0.29) is 5.41 Å². The Bertz CT molecular complexity index is 510. The maximum atomic E-state index is 3.41. The van der Waals surface area contributed by atoms with Crippen LogP contribution in [-0.2, 0) is 0 Å². The van der Waals surface area contributed by atoms with E-state index in [2.05, 4.69) is 77.9 Å². The van der Waals surface area contributed by atoms with Crippen molar-refractivity contribution >= 4 is 5.70 Å². The molecule has 106 valence electrons. The number of benzene rings is 1. The smallest absolute Gasteiger partial charge is 0.0614 e. The number of hydrogen-bond acceptors (Lipinski definition) is 3. The maximum absolute atomic E-state index is 3.41. The second-order valence-corrected chi connectivity index (χ2v) is 6.08. The van der Waals surface area contributed by atoms with Gasteiger partial charge < -0.3 is 5.32 Å². The Kier molecular flexibility index (Phi) is 3.64. The van der Waals surface area contributed by atoms with Crippen LogP contribution in [-0.4, -0.2) is 36.2 Å². The molecular weight excluding hydrogens is 246 g/mol. The summed E-state index contributed by atoms with van der Waals surface area (Å²) >= 11 is 0. The van der Waals surface area contributed by atoms with Gasteiger partial charge in [0.25, 0.3) is 0 Å². The molecule has 0 bridgehead atoms. The van der Waals surface area contributed by atoms with E-state index in [0.29, 0.717) is 0 Å². The van der Waals surface area contributed by atoms with Gasteiger partial charge in [0.05, 0.1) is 5.70 Å². The zero-order valence-corrected chi connectivity index (χ0v) is 12.3. The van der Waals surface area contributed by atoms with Crippen molar-refractivity contribution < 1.29 is 0 Å². The number of hydrazine groups is 1. The number of nitrogens with zero attached hydrogens (tertiary/aromatic N) is 2. The summed E-state index contributed by atoms with van der Waals surface area (Å²) in [5.41, 5.74) is 2.68. The Labute approximate surface area is 121 Å². The molecule has 2 aliphatic rings. The summed E-state index contributed by atoms with van der Waals surface area (Å²) in [4.78, 5) is 0. The fourth-order valence-corrected chi connectivity index (χ4v) is 2.75. The highest BCUT2D eigenvalue weighted by Gasteiger charge is 2.26. The number of hydrogen-bond donors (Lipinski definition) is 1. The normalized spacial score (nSPS) is 22.7. The summed E-state index contributed by atoms with van der Waals surface area (Å²) in [5.74, 6) is 0. The predicted octanol–water partition coefficient (Wildman–Crippen LogP) is 2.70. The summed E-state index contributed by atoms with van der Waals surface area (Å²) in [6.07, 6.45) is 6.87. The SMILES string of the molecule is CC1(C)C=CN(N2CCNCC2)C(c2ccccc2)=C1. The van der Waals surface area contributed by atoms with Gasteiger partial charge in [-0.05, 0) is 11.6 Å². The van der Waals surface area contributed by atoms with Crippen molar-refractivity contribution in [1.82, 2.24) is 15.3 Å². The molecule has 0 unspecified atom stereocenters. The molecule has 1 fully saturated rings. The Morgan fingerprint density at radius 3 is 2.45 bits per heavy atom. The number of nitrogens with one attached hydrogen (secondary N) is 1. The molecule has 3 heteroatoms. The lowest BCUT2D eigenvalue weighted by Gasteiger charge is -2.41. The molecule has 0 aliphatic carbocycles. The minimum atomic E-state index is 0.107. The third-order valence-electron chi connectivity index (χ3n) is 3.87. The van der Waals surface area contributed by atoms with Crippen LogP contribution in [0.25, 0.3) is 5.70 Å². The topological polar surface area (TPSA) is 18.5 Å². The lowest BCUT2D eigenvalue weighted by atomic mass is 9.89. The maximum Gasteiger partial charge on any atom is 0.0614 e. The summed E-state index contributed by atoms with van der Waals surface area (Å²) in [5, 5.41) is 8.15. The summed E-state index contributed by atoms with van der Waals surface area (Å²) in [6.45, 7) is 8.71.